The zero-order valence-corrected chi connectivity index (χ0v) is 13.1. The SMILES string of the molecule is COc1cc(CNC2CCC(C)CC2)ccc1OCCO. The third-order valence-corrected chi connectivity index (χ3v) is 4.19. The molecule has 0 radical (unpaired) electrons. The van der Waals surface area contributed by atoms with Crippen LogP contribution in [0.4, 0.5) is 0 Å². The largest absolute Gasteiger partial charge is 0.493 e. The molecule has 0 aromatic heterocycles. The third kappa shape index (κ3) is 4.90. The summed E-state index contributed by atoms with van der Waals surface area (Å²) >= 11 is 0. The molecular formula is C17H27NO3. The van der Waals surface area contributed by atoms with Crippen LogP contribution in [-0.2, 0) is 6.54 Å². The first-order chi connectivity index (χ1) is 10.2. The van der Waals surface area contributed by atoms with Gasteiger partial charge < -0.3 is 19.9 Å². The van der Waals surface area contributed by atoms with Crippen LogP contribution in [0.15, 0.2) is 18.2 Å². The molecule has 1 aliphatic rings. The zero-order valence-electron chi connectivity index (χ0n) is 13.1. The Hall–Kier alpha value is -1.26. The average Bonchev–Trinajstić information content (AvgIpc) is 2.52. The van der Waals surface area contributed by atoms with E-state index in [9.17, 15) is 0 Å². The van der Waals surface area contributed by atoms with Gasteiger partial charge in [0.25, 0.3) is 0 Å². The molecule has 0 unspecified atom stereocenters. The van der Waals surface area contributed by atoms with Gasteiger partial charge in [0.2, 0.25) is 0 Å². The molecule has 2 N–H and O–H groups in total. The minimum Gasteiger partial charge on any atom is -0.493 e. The quantitative estimate of drug-likeness (QED) is 0.811. The van der Waals surface area contributed by atoms with Crippen molar-refractivity contribution in [1.82, 2.24) is 5.32 Å². The fraction of sp³-hybridized carbons (Fsp3) is 0.647. The highest BCUT2D eigenvalue weighted by atomic mass is 16.5. The first-order valence-corrected chi connectivity index (χ1v) is 7.87. The molecule has 1 fully saturated rings. The van der Waals surface area contributed by atoms with E-state index in [0.717, 1.165) is 18.2 Å². The zero-order chi connectivity index (χ0) is 15.1. The van der Waals surface area contributed by atoms with E-state index in [1.807, 2.05) is 18.2 Å². The van der Waals surface area contributed by atoms with Crippen LogP contribution >= 0.6 is 0 Å². The van der Waals surface area contributed by atoms with Gasteiger partial charge in [-0.3, -0.25) is 0 Å². The standard InChI is InChI=1S/C17H27NO3/c1-13-3-6-15(7-4-13)18-12-14-5-8-16(21-10-9-19)17(11-14)20-2/h5,8,11,13,15,18-19H,3-4,6-7,9-10,12H2,1-2H3. The van der Waals surface area contributed by atoms with E-state index in [0.29, 0.717) is 11.8 Å². The van der Waals surface area contributed by atoms with Crippen LogP contribution in [0.5, 0.6) is 11.5 Å². The molecule has 0 bridgehead atoms. The fourth-order valence-corrected chi connectivity index (χ4v) is 2.82. The fourth-order valence-electron chi connectivity index (χ4n) is 2.82. The van der Waals surface area contributed by atoms with Crippen molar-refractivity contribution < 1.29 is 14.6 Å². The maximum absolute atomic E-state index is 8.82. The molecule has 1 aromatic rings. The summed E-state index contributed by atoms with van der Waals surface area (Å²) in [6, 6.07) is 6.60. The minimum atomic E-state index is 0.00651. The molecular weight excluding hydrogens is 266 g/mol. The number of hydrogen-bond acceptors (Lipinski definition) is 4. The Bertz CT molecular complexity index is 428. The number of ether oxygens (including phenoxy) is 2. The van der Waals surface area contributed by atoms with Gasteiger partial charge in [0.1, 0.15) is 6.61 Å². The Morgan fingerprint density at radius 3 is 2.62 bits per heavy atom. The number of benzene rings is 1. The molecule has 4 nitrogen and oxygen atoms in total. The van der Waals surface area contributed by atoms with Crippen LogP contribution < -0.4 is 14.8 Å². The van der Waals surface area contributed by atoms with E-state index >= 15 is 0 Å². The first kappa shape index (κ1) is 16.1. The topological polar surface area (TPSA) is 50.7 Å². The van der Waals surface area contributed by atoms with E-state index in [4.69, 9.17) is 14.6 Å². The second-order valence-corrected chi connectivity index (χ2v) is 5.89. The van der Waals surface area contributed by atoms with E-state index in [-0.39, 0.29) is 13.2 Å². The molecule has 4 heteroatoms. The first-order valence-electron chi connectivity index (χ1n) is 7.87. The Balaban J connectivity index is 1.88. The van der Waals surface area contributed by atoms with Crippen molar-refractivity contribution in [1.29, 1.82) is 0 Å². The highest BCUT2D eigenvalue weighted by Crippen LogP contribution is 2.28. The number of methoxy groups -OCH3 is 1. The summed E-state index contributed by atoms with van der Waals surface area (Å²) in [7, 11) is 1.64. The summed E-state index contributed by atoms with van der Waals surface area (Å²) in [4.78, 5) is 0. The summed E-state index contributed by atoms with van der Waals surface area (Å²) in [6.07, 6.45) is 5.20. The van der Waals surface area contributed by atoms with Gasteiger partial charge in [-0.05, 0) is 49.3 Å². The van der Waals surface area contributed by atoms with Gasteiger partial charge in [0, 0.05) is 12.6 Å². The Labute approximate surface area is 127 Å². The van der Waals surface area contributed by atoms with E-state index in [1.165, 1.54) is 31.2 Å². The molecule has 1 saturated carbocycles. The highest BCUT2D eigenvalue weighted by molar-refractivity contribution is 5.42. The molecule has 118 valence electrons. The molecule has 1 aliphatic carbocycles. The third-order valence-electron chi connectivity index (χ3n) is 4.19. The lowest BCUT2D eigenvalue weighted by Crippen LogP contribution is -2.32. The smallest absolute Gasteiger partial charge is 0.161 e. The maximum atomic E-state index is 8.82. The van der Waals surface area contributed by atoms with Crippen LogP contribution in [0.25, 0.3) is 0 Å². The number of nitrogens with one attached hydrogen (secondary N) is 1. The average molecular weight is 293 g/mol. The molecule has 0 heterocycles. The predicted octanol–water partition coefficient (Wildman–Crippen LogP) is 2.73. The van der Waals surface area contributed by atoms with Crippen molar-refractivity contribution in [3.8, 4) is 11.5 Å². The van der Waals surface area contributed by atoms with Gasteiger partial charge in [-0.15, -0.1) is 0 Å². The Morgan fingerprint density at radius 2 is 1.95 bits per heavy atom. The molecule has 0 spiro atoms. The predicted molar refractivity (Wildman–Crippen MR) is 83.8 cm³/mol. The molecule has 0 amide bonds. The van der Waals surface area contributed by atoms with Crippen molar-refractivity contribution in [2.24, 2.45) is 5.92 Å². The van der Waals surface area contributed by atoms with E-state index < -0.39 is 0 Å². The van der Waals surface area contributed by atoms with Gasteiger partial charge in [-0.1, -0.05) is 13.0 Å². The Kier molecular flexibility index (Phi) is 6.33. The van der Waals surface area contributed by atoms with Crippen molar-refractivity contribution in [3.63, 3.8) is 0 Å². The second kappa shape index (κ2) is 8.25. The van der Waals surface area contributed by atoms with Gasteiger partial charge >= 0.3 is 0 Å². The summed E-state index contributed by atoms with van der Waals surface area (Å²) in [5.41, 5.74) is 1.20. The van der Waals surface area contributed by atoms with Crippen LogP contribution in [-0.4, -0.2) is 31.5 Å². The normalized spacial score (nSPS) is 22.0. The number of hydrogen-bond donors (Lipinski definition) is 2. The summed E-state index contributed by atoms with van der Waals surface area (Å²) in [5.74, 6) is 2.29. The number of aliphatic hydroxyl groups excluding tert-OH is 1. The second-order valence-electron chi connectivity index (χ2n) is 5.89. The summed E-state index contributed by atoms with van der Waals surface area (Å²) in [5, 5.41) is 12.5. The molecule has 2 rings (SSSR count). The van der Waals surface area contributed by atoms with E-state index in [2.05, 4.69) is 12.2 Å². The van der Waals surface area contributed by atoms with Crippen LogP contribution in [0.2, 0.25) is 0 Å². The lowest BCUT2D eigenvalue weighted by Gasteiger charge is -2.27. The summed E-state index contributed by atoms with van der Waals surface area (Å²) in [6.45, 7) is 3.49. The minimum absolute atomic E-state index is 0.00651. The highest BCUT2D eigenvalue weighted by Gasteiger charge is 2.17. The summed E-state index contributed by atoms with van der Waals surface area (Å²) < 4.78 is 10.8. The molecule has 0 saturated heterocycles. The van der Waals surface area contributed by atoms with Gasteiger partial charge in [-0.25, -0.2) is 0 Å². The molecule has 21 heavy (non-hydrogen) atoms. The number of rotatable bonds is 7. The van der Waals surface area contributed by atoms with E-state index in [1.54, 1.807) is 7.11 Å². The monoisotopic (exact) mass is 293 g/mol. The van der Waals surface area contributed by atoms with Gasteiger partial charge in [-0.2, -0.15) is 0 Å². The van der Waals surface area contributed by atoms with Crippen molar-refractivity contribution in [2.75, 3.05) is 20.3 Å². The molecule has 1 aromatic carbocycles. The Morgan fingerprint density at radius 1 is 1.19 bits per heavy atom. The van der Waals surface area contributed by atoms with Gasteiger partial charge in [0.05, 0.1) is 13.7 Å². The van der Waals surface area contributed by atoms with Crippen LogP contribution in [0.3, 0.4) is 0 Å². The van der Waals surface area contributed by atoms with Gasteiger partial charge in [0.15, 0.2) is 11.5 Å². The lowest BCUT2D eigenvalue weighted by molar-refractivity contribution is 0.196. The van der Waals surface area contributed by atoms with Crippen LogP contribution in [0.1, 0.15) is 38.2 Å². The van der Waals surface area contributed by atoms with Crippen molar-refractivity contribution >= 4 is 0 Å². The van der Waals surface area contributed by atoms with Crippen molar-refractivity contribution in [3.05, 3.63) is 23.8 Å². The number of aliphatic hydroxyl groups is 1. The van der Waals surface area contributed by atoms with Crippen LogP contribution in [0, 0.1) is 5.92 Å². The maximum Gasteiger partial charge on any atom is 0.161 e. The molecule has 0 aliphatic heterocycles. The lowest BCUT2D eigenvalue weighted by atomic mass is 9.87. The van der Waals surface area contributed by atoms with Crippen molar-refractivity contribution in [2.45, 2.75) is 45.2 Å². The molecule has 0 atom stereocenters.